The summed E-state index contributed by atoms with van der Waals surface area (Å²) in [6.07, 6.45) is 0. The summed E-state index contributed by atoms with van der Waals surface area (Å²) in [5.41, 5.74) is 6.59. The highest BCUT2D eigenvalue weighted by molar-refractivity contribution is 7.13. The summed E-state index contributed by atoms with van der Waals surface area (Å²) in [5.74, 6) is 0.0428. The first-order valence-corrected chi connectivity index (χ1v) is 7.46. The standard InChI is InChI=1S/C16H17ClOS/c1-8-9(2)11(4)14(12(5)10(8)3)15(18)16-13(17)6-7-19-16/h6-7H,1-5H3. The molecule has 0 radical (unpaired) electrons. The highest BCUT2D eigenvalue weighted by Crippen LogP contribution is 2.31. The molecular weight excluding hydrogens is 276 g/mol. The van der Waals surface area contributed by atoms with Gasteiger partial charge in [-0.05, 0) is 73.9 Å². The van der Waals surface area contributed by atoms with Crippen LogP contribution in [0.1, 0.15) is 43.1 Å². The Kier molecular flexibility index (Phi) is 3.84. The van der Waals surface area contributed by atoms with Gasteiger partial charge in [-0.3, -0.25) is 4.79 Å². The fraction of sp³-hybridized carbons (Fsp3) is 0.312. The van der Waals surface area contributed by atoms with Crippen LogP contribution in [-0.4, -0.2) is 5.78 Å². The maximum Gasteiger partial charge on any atom is 0.205 e. The molecule has 19 heavy (non-hydrogen) atoms. The van der Waals surface area contributed by atoms with E-state index >= 15 is 0 Å². The zero-order valence-corrected chi connectivity index (χ0v) is 13.4. The van der Waals surface area contributed by atoms with Crippen molar-refractivity contribution in [1.82, 2.24) is 0 Å². The van der Waals surface area contributed by atoms with Gasteiger partial charge in [0, 0.05) is 5.56 Å². The van der Waals surface area contributed by atoms with Crippen molar-refractivity contribution in [3.8, 4) is 0 Å². The molecule has 0 unspecified atom stereocenters. The highest BCUT2D eigenvalue weighted by Gasteiger charge is 2.21. The molecule has 100 valence electrons. The summed E-state index contributed by atoms with van der Waals surface area (Å²) in [5, 5.41) is 2.40. The van der Waals surface area contributed by atoms with E-state index in [0.29, 0.717) is 9.90 Å². The molecule has 0 aliphatic rings. The Morgan fingerprint density at radius 1 is 0.947 bits per heavy atom. The first-order valence-electron chi connectivity index (χ1n) is 6.20. The molecule has 0 aliphatic carbocycles. The SMILES string of the molecule is Cc1c(C)c(C)c(C(=O)c2sccc2Cl)c(C)c1C. The molecule has 0 amide bonds. The second-order valence-electron chi connectivity index (χ2n) is 4.93. The van der Waals surface area contributed by atoms with Gasteiger partial charge in [-0.1, -0.05) is 11.6 Å². The Morgan fingerprint density at radius 3 is 1.84 bits per heavy atom. The second-order valence-corrected chi connectivity index (χ2v) is 6.25. The quantitative estimate of drug-likeness (QED) is 0.698. The first-order chi connectivity index (χ1) is 8.86. The van der Waals surface area contributed by atoms with Crippen molar-refractivity contribution in [2.45, 2.75) is 34.6 Å². The Balaban J connectivity index is 2.71. The van der Waals surface area contributed by atoms with Gasteiger partial charge in [0.25, 0.3) is 0 Å². The van der Waals surface area contributed by atoms with Crippen molar-refractivity contribution in [2.75, 3.05) is 0 Å². The average Bonchev–Trinajstić information content (AvgIpc) is 2.80. The minimum absolute atomic E-state index is 0.0428. The van der Waals surface area contributed by atoms with E-state index in [-0.39, 0.29) is 5.78 Å². The fourth-order valence-corrected chi connectivity index (χ4v) is 3.50. The second kappa shape index (κ2) is 5.10. The van der Waals surface area contributed by atoms with Gasteiger partial charge in [0.15, 0.2) is 0 Å². The molecule has 0 saturated carbocycles. The van der Waals surface area contributed by atoms with E-state index in [1.165, 1.54) is 28.0 Å². The van der Waals surface area contributed by atoms with E-state index < -0.39 is 0 Å². The largest absolute Gasteiger partial charge is 0.288 e. The van der Waals surface area contributed by atoms with Crippen LogP contribution in [0.25, 0.3) is 0 Å². The summed E-state index contributed by atoms with van der Waals surface area (Å²) in [6, 6.07) is 1.78. The lowest BCUT2D eigenvalue weighted by Gasteiger charge is -2.17. The maximum absolute atomic E-state index is 12.7. The third-order valence-electron chi connectivity index (χ3n) is 4.05. The van der Waals surface area contributed by atoms with E-state index in [1.54, 1.807) is 6.07 Å². The van der Waals surface area contributed by atoms with Gasteiger partial charge < -0.3 is 0 Å². The number of carbonyl (C=O) groups is 1. The van der Waals surface area contributed by atoms with Gasteiger partial charge in [-0.2, -0.15) is 0 Å². The number of carbonyl (C=O) groups excluding carboxylic acids is 1. The lowest BCUT2D eigenvalue weighted by molar-refractivity contribution is 0.104. The van der Waals surface area contributed by atoms with Gasteiger partial charge in [0.2, 0.25) is 5.78 Å². The number of rotatable bonds is 2. The molecule has 1 heterocycles. The van der Waals surface area contributed by atoms with E-state index in [0.717, 1.165) is 16.7 Å². The van der Waals surface area contributed by atoms with Gasteiger partial charge >= 0.3 is 0 Å². The fourth-order valence-electron chi connectivity index (χ4n) is 2.41. The topological polar surface area (TPSA) is 17.1 Å². The smallest absolute Gasteiger partial charge is 0.205 e. The summed E-state index contributed by atoms with van der Waals surface area (Å²) < 4.78 is 0. The molecule has 0 saturated heterocycles. The first kappa shape index (κ1) is 14.3. The molecule has 0 N–H and O–H groups in total. The van der Waals surface area contributed by atoms with Crippen LogP contribution >= 0.6 is 22.9 Å². The summed E-state index contributed by atoms with van der Waals surface area (Å²) >= 11 is 7.49. The van der Waals surface area contributed by atoms with Gasteiger partial charge in [-0.25, -0.2) is 0 Å². The minimum Gasteiger partial charge on any atom is -0.288 e. The van der Waals surface area contributed by atoms with Crippen LogP contribution in [0.4, 0.5) is 0 Å². The van der Waals surface area contributed by atoms with Crippen molar-refractivity contribution in [3.63, 3.8) is 0 Å². The molecule has 2 rings (SSSR count). The van der Waals surface area contributed by atoms with Crippen LogP contribution in [0, 0.1) is 34.6 Å². The summed E-state index contributed by atoms with van der Waals surface area (Å²) in [6.45, 7) is 10.3. The molecule has 3 heteroatoms. The van der Waals surface area contributed by atoms with E-state index in [4.69, 9.17) is 11.6 Å². The number of ketones is 1. The zero-order valence-electron chi connectivity index (χ0n) is 11.8. The molecule has 0 atom stereocenters. The Hall–Kier alpha value is -1.12. The third kappa shape index (κ3) is 2.24. The monoisotopic (exact) mass is 292 g/mol. The summed E-state index contributed by atoms with van der Waals surface area (Å²) in [4.78, 5) is 13.3. The molecule has 1 aromatic carbocycles. The molecular formula is C16H17ClOS. The molecule has 0 bridgehead atoms. The Labute approximate surface area is 123 Å². The third-order valence-corrected chi connectivity index (χ3v) is 5.39. The van der Waals surface area contributed by atoms with E-state index in [2.05, 4.69) is 20.8 Å². The zero-order chi connectivity index (χ0) is 14.3. The number of benzene rings is 1. The molecule has 1 aromatic heterocycles. The van der Waals surface area contributed by atoms with Crippen molar-refractivity contribution in [1.29, 1.82) is 0 Å². The van der Waals surface area contributed by atoms with Crippen molar-refractivity contribution in [2.24, 2.45) is 0 Å². The highest BCUT2D eigenvalue weighted by atomic mass is 35.5. The number of thiophene rings is 1. The van der Waals surface area contributed by atoms with Crippen LogP contribution in [0.2, 0.25) is 5.02 Å². The lowest BCUT2D eigenvalue weighted by Crippen LogP contribution is -2.09. The van der Waals surface area contributed by atoms with Crippen molar-refractivity contribution in [3.05, 3.63) is 54.7 Å². The molecule has 0 fully saturated rings. The molecule has 2 aromatic rings. The van der Waals surface area contributed by atoms with Gasteiger partial charge in [0.05, 0.1) is 9.90 Å². The van der Waals surface area contributed by atoms with Crippen molar-refractivity contribution >= 4 is 28.7 Å². The molecule has 1 nitrogen and oxygen atoms in total. The van der Waals surface area contributed by atoms with Crippen LogP contribution in [0.5, 0.6) is 0 Å². The van der Waals surface area contributed by atoms with E-state index in [9.17, 15) is 4.79 Å². The van der Waals surface area contributed by atoms with Crippen LogP contribution in [0.15, 0.2) is 11.4 Å². The minimum atomic E-state index is 0.0428. The van der Waals surface area contributed by atoms with Crippen molar-refractivity contribution < 1.29 is 4.79 Å². The predicted octanol–water partition coefficient (Wildman–Crippen LogP) is 5.17. The van der Waals surface area contributed by atoms with E-state index in [1.807, 2.05) is 19.2 Å². The van der Waals surface area contributed by atoms with Crippen LogP contribution < -0.4 is 0 Å². The number of halogens is 1. The Bertz CT molecular complexity index is 639. The number of hydrogen-bond acceptors (Lipinski definition) is 2. The average molecular weight is 293 g/mol. The molecule has 0 spiro atoms. The Morgan fingerprint density at radius 2 is 1.42 bits per heavy atom. The van der Waals surface area contributed by atoms with Gasteiger partial charge in [-0.15, -0.1) is 11.3 Å². The lowest BCUT2D eigenvalue weighted by atomic mass is 9.87. The van der Waals surface area contributed by atoms with Crippen LogP contribution in [-0.2, 0) is 0 Å². The number of hydrogen-bond donors (Lipinski definition) is 0. The van der Waals surface area contributed by atoms with Crippen LogP contribution in [0.3, 0.4) is 0 Å². The maximum atomic E-state index is 12.7. The summed E-state index contributed by atoms with van der Waals surface area (Å²) in [7, 11) is 0. The molecule has 0 aliphatic heterocycles. The normalized spacial score (nSPS) is 10.8. The predicted molar refractivity (Wildman–Crippen MR) is 82.9 cm³/mol. The van der Waals surface area contributed by atoms with Gasteiger partial charge in [0.1, 0.15) is 0 Å².